The molecule has 2 rings (SSSR count). The van der Waals surface area contributed by atoms with Crippen LogP contribution in [0, 0.1) is 11.8 Å². The molecule has 0 bridgehead atoms. The van der Waals surface area contributed by atoms with Crippen molar-refractivity contribution in [3.63, 3.8) is 0 Å². The molecule has 4 nitrogen and oxygen atoms in total. The molecule has 2 heterocycles. The van der Waals surface area contributed by atoms with E-state index in [0.717, 1.165) is 64.6 Å². The van der Waals surface area contributed by atoms with Gasteiger partial charge >= 0.3 is 0 Å². The van der Waals surface area contributed by atoms with Gasteiger partial charge in [-0.1, -0.05) is 13.8 Å². The Balaban J connectivity index is 0.00000220. The van der Waals surface area contributed by atoms with Gasteiger partial charge in [-0.3, -0.25) is 4.79 Å². The van der Waals surface area contributed by atoms with Crippen molar-refractivity contribution in [2.75, 3.05) is 45.8 Å². The van der Waals surface area contributed by atoms with Crippen LogP contribution in [0.25, 0.3) is 0 Å². The van der Waals surface area contributed by atoms with Crippen molar-refractivity contribution >= 4 is 30.7 Å². The van der Waals surface area contributed by atoms with Crippen molar-refractivity contribution in [1.29, 1.82) is 0 Å². The lowest BCUT2D eigenvalue weighted by Crippen LogP contribution is -2.33. The molecular weight excluding hydrogens is 321 g/mol. The van der Waals surface area contributed by atoms with Crippen LogP contribution < -0.4 is 5.32 Å². The topological polar surface area (TPSA) is 35.6 Å². The first-order valence-corrected chi connectivity index (χ1v) is 8.43. The number of nitrogens with one attached hydrogen (secondary N) is 1. The van der Waals surface area contributed by atoms with E-state index in [1.807, 2.05) is 0 Å². The molecule has 0 radical (unpaired) electrons. The number of carbonyl (C=O) groups excluding carboxylic acids is 1. The average Bonchev–Trinajstić information content (AvgIpc) is 3.13. The molecule has 2 atom stereocenters. The molecule has 22 heavy (non-hydrogen) atoms. The van der Waals surface area contributed by atoms with Crippen molar-refractivity contribution in [2.24, 2.45) is 11.8 Å². The first kappa shape index (κ1) is 22.0. The standard InChI is InChI=1S/C16H31N3O.2ClH/c1-3-18(4-2)12-15-8-10-19(13-15)16(20)6-5-14-7-9-17-11-14;;/h14-15,17H,3-13H2,1-2H3;2*1H. The molecular formula is C16H33Cl2N3O. The lowest BCUT2D eigenvalue weighted by atomic mass is 10.0. The highest BCUT2D eigenvalue weighted by atomic mass is 35.5. The zero-order chi connectivity index (χ0) is 14.4. The van der Waals surface area contributed by atoms with Gasteiger partial charge in [-0.05, 0) is 57.3 Å². The molecule has 0 saturated carbocycles. The van der Waals surface area contributed by atoms with Crippen LogP contribution in [0.4, 0.5) is 0 Å². The van der Waals surface area contributed by atoms with Crippen LogP contribution in [0.3, 0.4) is 0 Å². The van der Waals surface area contributed by atoms with Gasteiger partial charge < -0.3 is 15.1 Å². The fraction of sp³-hybridized carbons (Fsp3) is 0.938. The number of amides is 1. The fourth-order valence-corrected chi connectivity index (χ4v) is 3.50. The lowest BCUT2D eigenvalue weighted by Gasteiger charge is -2.23. The third kappa shape index (κ3) is 6.61. The molecule has 2 unspecified atom stereocenters. The van der Waals surface area contributed by atoms with Crippen molar-refractivity contribution in [1.82, 2.24) is 15.1 Å². The van der Waals surface area contributed by atoms with Gasteiger partial charge in [0.1, 0.15) is 0 Å². The maximum absolute atomic E-state index is 12.3. The van der Waals surface area contributed by atoms with E-state index in [-0.39, 0.29) is 24.8 Å². The van der Waals surface area contributed by atoms with Gasteiger partial charge in [0.05, 0.1) is 0 Å². The summed E-state index contributed by atoms with van der Waals surface area (Å²) in [7, 11) is 0. The van der Waals surface area contributed by atoms with Gasteiger partial charge in [0.25, 0.3) is 0 Å². The van der Waals surface area contributed by atoms with Gasteiger partial charge in [0, 0.05) is 26.1 Å². The number of hydrogen-bond donors (Lipinski definition) is 1. The van der Waals surface area contributed by atoms with Gasteiger partial charge in [0.15, 0.2) is 0 Å². The molecule has 1 amide bonds. The third-order valence-corrected chi connectivity index (χ3v) is 4.98. The highest BCUT2D eigenvalue weighted by Gasteiger charge is 2.27. The van der Waals surface area contributed by atoms with E-state index in [2.05, 4.69) is 29.0 Å². The lowest BCUT2D eigenvalue weighted by molar-refractivity contribution is -0.130. The Labute approximate surface area is 148 Å². The normalized spacial score (nSPS) is 24.2. The summed E-state index contributed by atoms with van der Waals surface area (Å²) in [5.41, 5.74) is 0. The van der Waals surface area contributed by atoms with Gasteiger partial charge in [-0.25, -0.2) is 0 Å². The summed E-state index contributed by atoms with van der Waals surface area (Å²) in [5.74, 6) is 1.80. The molecule has 2 aliphatic rings. The second-order valence-electron chi connectivity index (χ2n) is 6.38. The summed E-state index contributed by atoms with van der Waals surface area (Å²) < 4.78 is 0. The number of halogens is 2. The van der Waals surface area contributed by atoms with E-state index < -0.39 is 0 Å². The SMILES string of the molecule is CCN(CC)CC1CCN(C(=O)CCC2CCNC2)C1.Cl.Cl. The number of rotatable bonds is 7. The van der Waals surface area contributed by atoms with E-state index in [1.54, 1.807) is 0 Å². The van der Waals surface area contributed by atoms with Crippen LogP contribution in [-0.2, 0) is 4.79 Å². The minimum absolute atomic E-state index is 0. The van der Waals surface area contributed by atoms with Gasteiger partial charge in [-0.2, -0.15) is 0 Å². The Morgan fingerprint density at radius 3 is 2.50 bits per heavy atom. The van der Waals surface area contributed by atoms with Crippen molar-refractivity contribution in [3.8, 4) is 0 Å². The maximum Gasteiger partial charge on any atom is 0.222 e. The molecule has 0 aromatic heterocycles. The highest BCUT2D eigenvalue weighted by Crippen LogP contribution is 2.20. The second kappa shape index (κ2) is 11.5. The van der Waals surface area contributed by atoms with Crippen LogP contribution >= 0.6 is 24.8 Å². The van der Waals surface area contributed by atoms with Crippen LogP contribution in [-0.4, -0.2) is 61.5 Å². The van der Waals surface area contributed by atoms with E-state index in [9.17, 15) is 4.79 Å². The quantitative estimate of drug-likeness (QED) is 0.763. The first-order valence-electron chi connectivity index (χ1n) is 8.43. The number of hydrogen-bond acceptors (Lipinski definition) is 3. The zero-order valence-corrected chi connectivity index (χ0v) is 15.7. The van der Waals surface area contributed by atoms with Crippen LogP contribution in [0.5, 0.6) is 0 Å². The monoisotopic (exact) mass is 353 g/mol. The summed E-state index contributed by atoms with van der Waals surface area (Å²) in [6.45, 7) is 12.0. The molecule has 2 aliphatic heterocycles. The van der Waals surface area contributed by atoms with Gasteiger partial charge in [-0.15, -0.1) is 24.8 Å². The average molecular weight is 354 g/mol. The first-order chi connectivity index (χ1) is 9.72. The van der Waals surface area contributed by atoms with E-state index in [0.29, 0.717) is 11.8 Å². The Kier molecular flexibility index (Phi) is 11.5. The molecule has 0 aliphatic carbocycles. The fourth-order valence-electron chi connectivity index (χ4n) is 3.50. The van der Waals surface area contributed by atoms with Gasteiger partial charge in [0.2, 0.25) is 5.91 Å². The van der Waals surface area contributed by atoms with Crippen molar-refractivity contribution in [2.45, 2.75) is 39.5 Å². The smallest absolute Gasteiger partial charge is 0.222 e. The summed E-state index contributed by atoms with van der Waals surface area (Å²) in [4.78, 5) is 16.8. The molecule has 0 spiro atoms. The summed E-state index contributed by atoms with van der Waals surface area (Å²) in [5, 5.41) is 3.38. The Bertz CT molecular complexity index is 308. The molecule has 6 heteroatoms. The summed E-state index contributed by atoms with van der Waals surface area (Å²) in [6.07, 6.45) is 4.26. The molecule has 1 N–H and O–H groups in total. The number of likely N-dealkylation sites (tertiary alicyclic amines) is 1. The predicted octanol–water partition coefficient (Wildman–Crippen LogP) is 2.41. The van der Waals surface area contributed by atoms with Crippen LogP contribution in [0.15, 0.2) is 0 Å². The van der Waals surface area contributed by atoms with E-state index >= 15 is 0 Å². The van der Waals surface area contributed by atoms with Crippen molar-refractivity contribution in [3.05, 3.63) is 0 Å². The highest BCUT2D eigenvalue weighted by molar-refractivity contribution is 5.85. The predicted molar refractivity (Wildman–Crippen MR) is 97.2 cm³/mol. The number of nitrogens with zero attached hydrogens (tertiary/aromatic N) is 2. The zero-order valence-electron chi connectivity index (χ0n) is 14.1. The van der Waals surface area contributed by atoms with E-state index in [1.165, 1.54) is 12.8 Å². The van der Waals surface area contributed by atoms with E-state index in [4.69, 9.17) is 0 Å². The van der Waals surface area contributed by atoms with Crippen LogP contribution in [0.1, 0.15) is 39.5 Å². The Hall–Kier alpha value is -0.0300. The maximum atomic E-state index is 12.3. The molecule has 2 fully saturated rings. The minimum atomic E-state index is 0. The number of carbonyl (C=O) groups is 1. The summed E-state index contributed by atoms with van der Waals surface area (Å²) >= 11 is 0. The Morgan fingerprint density at radius 2 is 1.91 bits per heavy atom. The minimum Gasteiger partial charge on any atom is -0.342 e. The summed E-state index contributed by atoms with van der Waals surface area (Å²) in [6, 6.07) is 0. The molecule has 0 aromatic carbocycles. The van der Waals surface area contributed by atoms with Crippen LogP contribution in [0.2, 0.25) is 0 Å². The third-order valence-electron chi connectivity index (χ3n) is 4.98. The Morgan fingerprint density at radius 1 is 1.18 bits per heavy atom. The largest absolute Gasteiger partial charge is 0.342 e. The molecule has 0 aromatic rings. The molecule has 132 valence electrons. The second-order valence-corrected chi connectivity index (χ2v) is 6.38. The molecule has 2 saturated heterocycles. The van der Waals surface area contributed by atoms with Crippen molar-refractivity contribution < 1.29 is 4.79 Å².